The summed E-state index contributed by atoms with van der Waals surface area (Å²) < 4.78 is 0. The fourth-order valence-corrected chi connectivity index (χ4v) is 2.90. The van der Waals surface area contributed by atoms with Crippen molar-refractivity contribution in [3.63, 3.8) is 0 Å². The predicted molar refractivity (Wildman–Crippen MR) is 80.9 cm³/mol. The molecule has 1 aliphatic rings. The quantitative estimate of drug-likeness (QED) is 0.855. The first-order valence-corrected chi connectivity index (χ1v) is 7.55. The molecule has 0 bridgehead atoms. The van der Waals surface area contributed by atoms with Crippen molar-refractivity contribution in [1.29, 1.82) is 0 Å². The Morgan fingerprint density at radius 3 is 2.86 bits per heavy atom. The maximum absolute atomic E-state index is 12.3. The highest BCUT2D eigenvalue weighted by atomic mass is 16.3. The molecule has 0 saturated carbocycles. The fourth-order valence-electron chi connectivity index (χ4n) is 2.90. The van der Waals surface area contributed by atoms with Crippen molar-refractivity contribution in [1.82, 2.24) is 20.1 Å². The maximum Gasteiger partial charge on any atom is 0.223 e. The summed E-state index contributed by atoms with van der Waals surface area (Å²) in [5, 5.41) is 16.8. The van der Waals surface area contributed by atoms with Gasteiger partial charge in [0.15, 0.2) is 0 Å². The van der Waals surface area contributed by atoms with E-state index in [2.05, 4.69) is 15.2 Å². The Morgan fingerprint density at radius 1 is 1.32 bits per heavy atom. The minimum Gasteiger partial charge on any atom is -0.391 e. The van der Waals surface area contributed by atoms with Crippen LogP contribution in [-0.2, 0) is 17.6 Å². The molecule has 2 aromatic rings. The third-order valence-electron chi connectivity index (χ3n) is 4.19. The molecule has 0 radical (unpaired) electrons. The summed E-state index contributed by atoms with van der Waals surface area (Å²) in [6, 6.07) is 3.91. The number of aromatic amines is 1. The summed E-state index contributed by atoms with van der Waals surface area (Å²) in [6.45, 7) is 1.05. The van der Waals surface area contributed by atoms with Crippen molar-refractivity contribution < 1.29 is 9.90 Å². The number of likely N-dealkylation sites (tertiary alicyclic amines) is 1. The number of nitrogens with zero attached hydrogens (tertiary/aromatic N) is 3. The number of aryl methyl sites for hydroxylation is 1. The highest BCUT2D eigenvalue weighted by molar-refractivity contribution is 5.76. The van der Waals surface area contributed by atoms with E-state index in [-0.39, 0.29) is 11.8 Å². The third-order valence-corrected chi connectivity index (χ3v) is 4.19. The summed E-state index contributed by atoms with van der Waals surface area (Å²) in [5.41, 5.74) is 2.17. The number of carbonyl (C=O) groups excluding carboxylic acids is 1. The van der Waals surface area contributed by atoms with E-state index < -0.39 is 6.10 Å². The number of amides is 1. The van der Waals surface area contributed by atoms with E-state index in [0.29, 0.717) is 25.9 Å². The first kappa shape index (κ1) is 14.7. The molecule has 3 heterocycles. The Bertz CT molecular complexity index is 600. The highest BCUT2D eigenvalue weighted by Gasteiger charge is 2.33. The molecule has 1 aliphatic heterocycles. The number of aromatic nitrogens is 3. The Labute approximate surface area is 129 Å². The number of nitrogens with one attached hydrogen (secondary N) is 1. The summed E-state index contributed by atoms with van der Waals surface area (Å²) in [7, 11) is 0. The van der Waals surface area contributed by atoms with Gasteiger partial charge >= 0.3 is 0 Å². The van der Waals surface area contributed by atoms with Crippen molar-refractivity contribution in [2.45, 2.75) is 25.4 Å². The number of aliphatic hydroxyl groups is 1. The van der Waals surface area contributed by atoms with Gasteiger partial charge in [-0.05, 0) is 36.1 Å². The molecule has 2 aromatic heterocycles. The zero-order valence-electron chi connectivity index (χ0n) is 12.4. The minimum absolute atomic E-state index is 0.0949. The lowest BCUT2D eigenvalue weighted by molar-refractivity contribution is -0.130. The number of pyridine rings is 1. The van der Waals surface area contributed by atoms with Crippen LogP contribution < -0.4 is 0 Å². The Morgan fingerprint density at radius 2 is 2.14 bits per heavy atom. The summed E-state index contributed by atoms with van der Waals surface area (Å²) >= 11 is 0. The van der Waals surface area contributed by atoms with Gasteiger partial charge < -0.3 is 10.0 Å². The molecular formula is C16H20N4O2. The second kappa shape index (κ2) is 6.70. The number of hydrogen-bond acceptors (Lipinski definition) is 4. The molecule has 0 aliphatic carbocycles. The third kappa shape index (κ3) is 3.51. The van der Waals surface area contributed by atoms with E-state index in [1.54, 1.807) is 29.7 Å². The van der Waals surface area contributed by atoms with Gasteiger partial charge in [-0.3, -0.25) is 14.9 Å². The zero-order valence-corrected chi connectivity index (χ0v) is 12.4. The lowest BCUT2D eigenvalue weighted by Gasteiger charge is -2.16. The topological polar surface area (TPSA) is 82.1 Å². The van der Waals surface area contributed by atoms with Crippen molar-refractivity contribution in [3.05, 3.63) is 48.0 Å². The molecule has 6 heteroatoms. The molecule has 3 rings (SSSR count). The number of H-pyrrole nitrogens is 1. The van der Waals surface area contributed by atoms with Gasteiger partial charge in [0.2, 0.25) is 5.91 Å². The molecule has 6 nitrogen and oxygen atoms in total. The standard InChI is InChI=1S/C16H20N4O2/c21-15-11-20(16(22)2-1-13-8-18-19-9-13)10-14(15)7-12-3-5-17-6-4-12/h3-6,8-9,14-15,21H,1-2,7,10-11H2,(H,18,19)/t14-,15-/m1/s1. The second-order valence-electron chi connectivity index (χ2n) is 5.79. The van der Waals surface area contributed by atoms with Gasteiger partial charge in [0.25, 0.3) is 0 Å². The smallest absolute Gasteiger partial charge is 0.223 e. The van der Waals surface area contributed by atoms with E-state index in [4.69, 9.17) is 0 Å². The number of carbonyl (C=O) groups is 1. The largest absolute Gasteiger partial charge is 0.391 e. The Kier molecular flexibility index (Phi) is 4.48. The summed E-state index contributed by atoms with van der Waals surface area (Å²) in [5.74, 6) is 0.192. The van der Waals surface area contributed by atoms with E-state index in [0.717, 1.165) is 17.5 Å². The predicted octanol–water partition coefficient (Wildman–Crippen LogP) is 0.799. The highest BCUT2D eigenvalue weighted by Crippen LogP contribution is 2.22. The van der Waals surface area contributed by atoms with Gasteiger partial charge in [-0.15, -0.1) is 0 Å². The first-order valence-electron chi connectivity index (χ1n) is 7.55. The molecule has 0 aromatic carbocycles. The average molecular weight is 300 g/mol. The van der Waals surface area contributed by atoms with E-state index in [1.807, 2.05) is 12.1 Å². The van der Waals surface area contributed by atoms with E-state index >= 15 is 0 Å². The van der Waals surface area contributed by atoms with Crippen LogP contribution in [0.25, 0.3) is 0 Å². The molecular weight excluding hydrogens is 280 g/mol. The van der Waals surface area contributed by atoms with Crippen LogP contribution in [0.2, 0.25) is 0 Å². The summed E-state index contributed by atoms with van der Waals surface area (Å²) in [4.78, 5) is 18.0. The van der Waals surface area contributed by atoms with Crippen LogP contribution in [0.4, 0.5) is 0 Å². The SMILES string of the molecule is O=C(CCc1cn[nH]c1)N1C[C@@H](Cc2ccncc2)[C@H](O)C1. The monoisotopic (exact) mass is 300 g/mol. The van der Waals surface area contributed by atoms with Gasteiger partial charge in [0.05, 0.1) is 12.3 Å². The van der Waals surface area contributed by atoms with Gasteiger partial charge in [-0.2, -0.15) is 5.10 Å². The van der Waals surface area contributed by atoms with Crippen molar-refractivity contribution in [3.8, 4) is 0 Å². The van der Waals surface area contributed by atoms with Crippen LogP contribution in [-0.4, -0.2) is 50.3 Å². The Hall–Kier alpha value is -2.21. The fraction of sp³-hybridized carbons (Fsp3) is 0.438. The second-order valence-corrected chi connectivity index (χ2v) is 5.79. The van der Waals surface area contributed by atoms with E-state index in [1.165, 1.54) is 0 Å². The molecule has 1 fully saturated rings. The molecule has 116 valence electrons. The minimum atomic E-state index is -0.453. The molecule has 22 heavy (non-hydrogen) atoms. The average Bonchev–Trinajstić information content (AvgIpc) is 3.16. The zero-order chi connectivity index (χ0) is 15.4. The van der Waals surface area contributed by atoms with Crippen molar-refractivity contribution in [2.75, 3.05) is 13.1 Å². The first-order chi connectivity index (χ1) is 10.7. The van der Waals surface area contributed by atoms with Crippen LogP contribution in [0.1, 0.15) is 17.5 Å². The van der Waals surface area contributed by atoms with Crippen molar-refractivity contribution >= 4 is 5.91 Å². The molecule has 1 amide bonds. The van der Waals surface area contributed by atoms with Crippen LogP contribution in [0.3, 0.4) is 0 Å². The van der Waals surface area contributed by atoms with Gasteiger partial charge in [-0.1, -0.05) is 0 Å². The van der Waals surface area contributed by atoms with Crippen LogP contribution in [0.15, 0.2) is 36.9 Å². The number of β-amino-alcohol motifs (C(OH)–C–C–N with tert-alkyl or cyclic N) is 1. The molecule has 2 atom stereocenters. The number of hydrogen-bond donors (Lipinski definition) is 2. The van der Waals surface area contributed by atoms with Crippen molar-refractivity contribution in [2.24, 2.45) is 5.92 Å². The van der Waals surface area contributed by atoms with Crippen LogP contribution in [0.5, 0.6) is 0 Å². The maximum atomic E-state index is 12.3. The van der Waals surface area contributed by atoms with Gasteiger partial charge in [0, 0.05) is 44.0 Å². The van der Waals surface area contributed by atoms with E-state index in [9.17, 15) is 9.90 Å². The number of rotatable bonds is 5. The Balaban J connectivity index is 1.52. The molecule has 1 saturated heterocycles. The molecule has 0 unspecified atom stereocenters. The van der Waals surface area contributed by atoms with Crippen LogP contribution in [0, 0.1) is 5.92 Å². The number of aliphatic hydroxyl groups excluding tert-OH is 1. The summed E-state index contributed by atoms with van der Waals surface area (Å²) in [6.07, 6.45) is 8.50. The molecule has 2 N–H and O–H groups in total. The van der Waals surface area contributed by atoms with Gasteiger partial charge in [-0.25, -0.2) is 0 Å². The lowest BCUT2D eigenvalue weighted by Crippen LogP contribution is -2.29. The molecule has 0 spiro atoms. The normalized spacial score (nSPS) is 21.2. The lowest BCUT2D eigenvalue weighted by atomic mass is 9.97. The van der Waals surface area contributed by atoms with Gasteiger partial charge in [0.1, 0.15) is 0 Å². The van der Waals surface area contributed by atoms with Crippen LogP contribution >= 0.6 is 0 Å².